The van der Waals surface area contributed by atoms with Crippen LogP contribution in [0.2, 0.25) is 0 Å². The van der Waals surface area contributed by atoms with Crippen molar-refractivity contribution in [3.05, 3.63) is 71.5 Å². The molecule has 1 heterocycles. The van der Waals surface area contributed by atoms with Crippen LogP contribution in [0, 0.1) is 29.0 Å². The summed E-state index contributed by atoms with van der Waals surface area (Å²) in [6, 6.07) is 14.1. The van der Waals surface area contributed by atoms with E-state index in [-0.39, 0.29) is 46.9 Å². The fraction of sp³-hybridized carbons (Fsp3) is 0.548. The summed E-state index contributed by atoms with van der Waals surface area (Å²) in [5.74, 6) is -0.128. The average molecular weight is 534 g/mol. The monoisotopic (exact) mass is 534 g/mol. The minimum Gasteiger partial charge on any atom is -0.404 e. The number of carbonyl (C=O) groups excluding carboxylic acids is 2. The Labute approximate surface area is 231 Å². The molecule has 2 bridgehead atoms. The van der Waals surface area contributed by atoms with Crippen molar-refractivity contribution in [2.75, 3.05) is 0 Å². The molecule has 3 unspecified atom stereocenters. The fourth-order valence-corrected chi connectivity index (χ4v) is 7.10. The maximum atomic E-state index is 14.8. The minimum absolute atomic E-state index is 0.0159. The molecule has 208 valence electrons. The van der Waals surface area contributed by atoms with Crippen LogP contribution in [0.3, 0.4) is 0 Å². The molecule has 6 rings (SSSR count). The third kappa shape index (κ3) is 5.38. The number of hydrogen-bond acceptors (Lipinski definition) is 4. The minimum atomic E-state index is -0.836. The van der Waals surface area contributed by atoms with Gasteiger partial charge in [-0.15, -0.1) is 0 Å². The lowest BCUT2D eigenvalue weighted by atomic mass is 9.43. The molecule has 39 heavy (non-hydrogen) atoms. The predicted octanol–water partition coefficient (Wildman–Crippen LogP) is 5.49. The number of benzene rings is 2. The summed E-state index contributed by atoms with van der Waals surface area (Å²) in [5.41, 5.74) is 0.569. The van der Waals surface area contributed by atoms with Gasteiger partial charge in [0.2, 0.25) is 5.91 Å². The molecule has 0 aromatic heterocycles. The van der Waals surface area contributed by atoms with Crippen molar-refractivity contribution < 1.29 is 23.3 Å². The summed E-state index contributed by atoms with van der Waals surface area (Å²) < 4.78 is 28.0. The highest BCUT2D eigenvalue weighted by atomic mass is 19.1. The molecule has 0 radical (unpaired) electrons. The van der Waals surface area contributed by atoms with E-state index in [2.05, 4.69) is 45.3 Å². The Hall–Kier alpha value is -2.71. The summed E-state index contributed by atoms with van der Waals surface area (Å²) in [7, 11) is -0.549. The highest BCUT2D eigenvalue weighted by Crippen LogP contribution is 2.65. The highest BCUT2D eigenvalue weighted by Gasteiger charge is 2.68. The zero-order chi connectivity index (χ0) is 27.9. The van der Waals surface area contributed by atoms with Gasteiger partial charge < -0.3 is 19.9 Å². The summed E-state index contributed by atoms with van der Waals surface area (Å²) >= 11 is 0. The van der Waals surface area contributed by atoms with Gasteiger partial charge in [-0.2, -0.15) is 0 Å². The predicted molar refractivity (Wildman–Crippen MR) is 149 cm³/mol. The van der Waals surface area contributed by atoms with Crippen LogP contribution in [0.1, 0.15) is 82.3 Å². The van der Waals surface area contributed by atoms with E-state index in [1.165, 1.54) is 6.07 Å². The van der Waals surface area contributed by atoms with Gasteiger partial charge in [0.15, 0.2) is 0 Å². The van der Waals surface area contributed by atoms with Gasteiger partial charge in [0.1, 0.15) is 5.82 Å². The Morgan fingerprint density at radius 1 is 1.03 bits per heavy atom. The van der Waals surface area contributed by atoms with Gasteiger partial charge in [-0.1, -0.05) is 64.1 Å². The van der Waals surface area contributed by atoms with Crippen LogP contribution in [0.15, 0.2) is 54.6 Å². The van der Waals surface area contributed by atoms with Gasteiger partial charge in [-0.05, 0) is 67.6 Å². The molecule has 8 heteroatoms. The first-order valence-corrected chi connectivity index (χ1v) is 14.2. The summed E-state index contributed by atoms with van der Waals surface area (Å²) in [4.78, 5) is 26.4. The number of carbonyl (C=O) groups is 2. The lowest BCUT2D eigenvalue weighted by molar-refractivity contribution is -0.199. The molecule has 3 aliphatic carbocycles. The van der Waals surface area contributed by atoms with Crippen molar-refractivity contribution in [1.29, 1.82) is 0 Å². The van der Waals surface area contributed by atoms with E-state index in [0.29, 0.717) is 29.7 Å². The molecule has 6 nitrogen and oxygen atoms in total. The van der Waals surface area contributed by atoms with Crippen molar-refractivity contribution in [3.8, 4) is 0 Å². The molecule has 3 saturated carbocycles. The van der Waals surface area contributed by atoms with Crippen LogP contribution < -0.4 is 10.6 Å². The topological polar surface area (TPSA) is 76.7 Å². The third-order valence-electron chi connectivity index (χ3n) is 9.38. The molecule has 2 aromatic rings. The number of nitrogens with one attached hydrogen (secondary N) is 2. The van der Waals surface area contributed by atoms with E-state index in [0.717, 1.165) is 12.8 Å². The van der Waals surface area contributed by atoms with Gasteiger partial charge in [0, 0.05) is 11.1 Å². The first kappa shape index (κ1) is 27.8. The second-order valence-electron chi connectivity index (χ2n) is 12.8. The lowest BCUT2D eigenvalue weighted by Gasteiger charge is -2.64. The Morgan fingerprint density at radius 3 is 2.38 bits per heavy atom. The SMILES string of the molecule is CC(C)C[C@H](NC(=O)CC(NC(=O)c1ccccc1)c1ccccc1F)B1O[C@@H]2CC3CC(C3(C)C)[C@]2(C)O1. The smallest absolute Gasteiger partial charge is 0.404 e. The van der Waals surface area contributed by atoms with Crippen molar-refractivity contribution in [2.24, 2.45) is 23.2 Å². The molecule has 4 fully saturated rings. The van der Waals surface area contributed by atoms with Crippen molar-refractivity contribution in [2.45, 2.75) is 84.0 Å². The first-order chi connectivity index (χ1) is 18.5. The Kier molecular flexibility index (Phi) is 7.64. The molecule has 4 aliphatic rings. The molecular formula is C31H40BFN2O4. The van der Waals surface area contributed by atoms with Crippen LogP contribution in [0.5, 0.6) is 0 Å². The fourth-order valence-electron chi connectivity index (χ4n) is 7.10. The number of amides is 2. The Morgan fingerprint density at radius 2 is 1.72 bits per heavy atom. The van der Waals surface area contributed by atoms with E-state index in [9.17, 15) is 14.0 Å². The third-order valence-corrected chi connectivity index (χ3v) is 9.38. The lowest BCUT2D eigenvalue weighted by Crippen LogP contribution is -2.65. The van der Waals surface area contributed by atoms with Gasteiger partial charge >= 0.3 is 7.12 Å². The van der Waals surface area contributed by atoms with Gasteiger partial charge in [0.05, 0.1) is 30.1 Å². The molecule has 6 atom stereocenters. The molecule has 0 spiro atoms. The maximum Gasteiger partial charge on any atom is 0.481 e. The second-order valence-corrected chi connectivity index (χ2v) is 12.8. The molecular weight excluding hydrogens is 494 g/mol. The van der Waals surface area contributed by atoms with Gasteiger partial charge in [0.25, 0.3) is 5.91 Å². The quantitative estimate of drug-likeness (QED) is 0.418. The van der Waals surface area contributed by atoms with Crippen LogP contribution in [0.25, 0.3) is 0 Å². The standard InChI is InChI=1S/C31H40BFN2O4/c1-19(2)15-27(32-38-26-17-21-16-25(30(21,3)4)31(26,5)39-32)35-28(36)18-24(22-13-9-10-14-23(22)33)34-29(37)20-11-7-6-8-12-20/h6-14,19,21,24-27H,15-18H2,1-5H3,(H,34,37)(H,35,36)/t21?,24?,25?,26-,27+,31+/m1/s1. The van der Waals surface area contributed by atoms with Gasteiger partial charge in [-0.25, -0.2) is 4.39 Å². The largest absolute Gasteiger partial charge is 0.481 e. The van der Waals surface area contributed by atoms with Crippen LogP contribution in [-0.4, -0.2) is 36.6 Å². The number of hydrogen-bond donors (Lipinski definition) is 2. The van der Waals surface area contributed by atoms with Crippen LogP contribution >= 0.6 is 0 Å². The van der Waals surface area contributed by atoms with E-state index in [1.807, 2.05) is 6.07 Å². The summed E-state index contributed by atoms with van der Waals surface area (Å²) in [6.45, 7) is 11.0. The van der Waals surface area contributed by atoms with Crippen LogP contribution in [-0.2, 0) is 14.1 Å². The van der Waals surface area contributed by atoms with E-state index in [4.69, 9.17) is 9.31 Å². The highest BCUT2D eigenvalue weighted by molar-refractivity contribution is 6.47. The molecule has 2 amide bonds. The maximum absolute atomic E-state index is 14.8. The van der Waals surface area contributed by atoms with Crippen LogP contribution in [0.4, 0.5) is 4.39 Å². The molecule has 2 aromatic carbocycles. The zero-order valence-electron chi connectivity index (χ0n) is 23.6. The number of halogens is 1. The number of rotatable bonds is 9. The van der Waals surface area contributed by atoms with E-state index in [1.54, 1.807) is 42.5 Å². The first-order valence-electron chi connectivity index (χ1n) is 14.2. The van der Waals surface area contributed by atoms with E-state index >= 15 is 0 Å². The summed E-state index contributed by atoms with van der Waals surface area (Å²) in [5, 5.41) is 6.01. The van der Waals surface area contributed by atoms with Gasteiger partial charge in [-0.3, -0.25) is 9.59 Å². The molecule has 2 N–H and O–H groups in total. The second kappa shape index (κ2) is 10.7. The average Bonchev–Trinajstić information content (AvgIpc) is 3.25. The van der Waals surface area contributed by atoms with Crippen molar-refractivity contribution >= 4 is 18.9 Å². The van der Waals surface area contributed by atoms with Crippen molar-refractivity contribution in [3.63, 3.8) is 0 Å². The normalized spacial score (nSPS) is 28.3. The molecule has 1 aliphatic heterocycles. The Balaban J connectivity index is 1.32. The Bertz CT molecular complexity index is 1210. The van der Waals surface area contributed by atoms with E-state index < -0.39 is 19.0 Å². The van der Waals surface area contributed by atoms with Crippen molar-refractivity contribution in [1.82, 2.24) is 10.6 Å². The summed E-state index contributed by atoms with van der Waals surface area (Å²) in [6.07, 6.45) is 2.71. The zero-order valence-corrected chi connectivity index (χ0v) is 23.6. The molecule has 1 saturated heterocycles.